The summed E-state index contributed by atoms with van der Waals surface area (Å²) < 4.78 is 7.26. The summed E-state index contributed by atoms with van der Waals surface area (Å²) in [5.41, 5.74) is 0.0854. The molecule has 0 spiro atoms. The molecule has 0 amide bonds. The maximum absolute atomic E-state index is 12.5. The van der Waals surface area contributed by atoms with Gasteiger partial charge < -0.3 is 14.6 Å². The second-order valence-corrected chi connectivity index (χ2v) is 5.38. The van der Waals surface area contributed by atoms with Gasteiger partial charge in [-0.2, -0.15) is 0 Å². The maximum atomic E-state index is 12.5. The molecule has 2 atom stereocenters. The van der Waals surface area contributed by atoms with E-state index in [1.165, 1.54) is 0 Å². The van der Waals surface area contributed by atoms with E-state index < -0.39 is 0 Å². The van der Waals surface area contributed by atoms with E-state index in [9.17, 15) is 4.79 Å². The number of hydrogen-bond acceptors (Lipinski definition) is 3. The minimum Gasteiger partial charge on any atom is -0.381 e. The van der Waals surface area contributed by atoms with Gasteiger partial charge in [-0.15, -0.1) is 0 Å². The first kappa shape index (κ1) is 13.3. The molecule has 1 aliphatic heterocycles. The molecule has 0 saturated carbocycles. The molecule has 4 nitrogen and oxygen atoms in total. The van der Waals surface area contributed by atoms with Gasteiger partial charge in [0.2, 0.25) is 0 Å². The van der Waals surface area contributed by atoms with Crippen LogP contribution in [0.25, 0.3) is 10.8 Å². The van der Waals surface area contributed by atoms with E-state index >= 15 is 0 Å². The number of likely N-dealkylation sites (N-methyl/N-ethyl adjacent to an activating group) is 1. The normalized spacial score (nSPS) is 20.4. The molecule has 1 aliphatic rings. The van der Waals surface area contributed by atoms with Crippen molar-refractivity contribution in [1.82, 2.24) is 9.88 Å². The molecular formula is C16H20N2O2. The summed E-state index contributed by atoms with van der Waals surface area (Å²) in [6, 6.07) is 10.0. The minimum atomic E-state index is 0.0854. The van der Waals surface area contributed by atoms with Gasteiger partial charge in [0.1, 0.15) is 0 Å². The quantitative estimate of drug-likeness (QED) is 0.920. The molecule has 106 valence electrons. The number of ether oxygens (including phenoxy) is 1. The van der Waals surface area contributed by atoms with Gasteiger partial charge in [-0.05, 0) is 31.0 Å². The average molecular weight is 272 g/mol. The van der Waals surface area contributed by atoms with Crippen LogP contribution in [0.1, 0.15) is 6.42 Å². The van der Waals surface area contributed by atoms with Crippen molar-refractivity contribution in [2.45, 2.75) is 19.0 Å². The standard InChI is InChI=1S/C16H20N2O2/c1-17-15(13-7-9-20-11-13)10-18-8-6-12-4-2-3-5-14(12)16(18)19/h2-6,8,13,15,17H,7,9-11H2,1H3. The van der Waals surface area contributed by atoms with Crippen molar-refractivity contribution in [2.24, 2.45) is 5.92 Å². The number of rotatable bonds is 4. The molecule has 0 bridgehead atoms. The van der Waals surface area contributed by atoms with Crippen LogP contribution in [0, 0.1) is 5.92 Å². The summed E-state index contributed by atoms with van der Waals surface area (Å²) in [6.07, 6.45) is 2.96. The molecule has 2 aromatic rings. The van der Waals surface area contributed by atoms with Gasteiger partial charge in [-0.25, -0.2) is 0 Å². The number of nitrogens with zero attached hydrogens (tertiary/aromatic N) is 1. The van der Waals surface area contributed by atoms with Crippen LogP contribution in [0.3, 0.4) is 0 Å². The Labute approximate surface area is 118 Å². The fourth-order valence-electron chi connectivity index (χ4n) is 2.93. The van der Waals surface area contributed by atoms with E-state index in [1.54, 1.807) is 0 Å². The highest BCUT2D eigenvalue weighted by molar-refractivity contribution is 5.81. The summed E-state index contributed by atoms with van der Waals surface area (Å²) in [7, 11) is 1.95. The number of pyridine rings is 1. The third-order valence-corrected chi connectivity index (χ3v) is 4.18. The van der Waals surface area contributed by atoms with Crippen molar-refractivity contribution in [2.75, 3.05) is 20.3 Å². The van der Waals surface area contributed by atoms with Gasteiger partial charge >= 0.3 is 0 Å². The molecule has 1 saturated heterocycles. The SMILES string of the molecule is CNC(Cn1ccc2ccccc2c1=O)C1CCOC1. The molecule has 2 unspecified atom stereocenters. The average Bonchev–Trinajstić information content (AvgIpc) is 3.01. The Morgan fingerprint density at radius 1 is 1.40 bits per heavy atom. The second kappa shape index (κ2) is 5.77. The van der Waals surface area contributed by atoms with Crippen LogP contribution in [0.15, 0.2) is 41.3 Å². The Bertz CT molecular complexity index is 644. The van der Waals surface area contributed by atoms with Crippen molar-refractivity contribution in [3.63, 3.8) is 0 Å². The largest absolute Gasteiger partial charge is 0.381 e. The van der Waals surface area contributed by atoms with Crippen LogP contribution in [-0.4, -0.2) is 30.9 Å². The van der Waals surface area contributed by atoms with E-state index in [0.717, 1.165) is 30.4 Å². The molecule has 1 fully saturated rings. The maximum Gasteiger partial charge on any atom is 0.258 e. The Hall–Kier alpha value is -1.65. The van der Waals surface area contributed by atoms with Crippen LogP contribution in [0.4, 0.5) is 0 Å². The van der Waals surface area contributed by atoms with Gasteiger partial charge in [-0.1, -0.05) is 18.2 Å². The molecule has 1 aromatic heterocycles. The van der Waals surface area contributed by atoms with E-state index in [0.29, 0.717) is 12.5 Å². The lowest BCUT2D eigenvalue weighted by Crippen LogP contribution is -2.40. The molecule has 1 aromatic carbocycles. The smallest absolute Gasteiger partial charge is 0.258 e. The summed E-state index contributed by atoms with van der Waals surface area (Å²) >= 11 is 0. The van der Waals surface area contributed by atoms with Crippen LogP contribution in [0.2, 0.25) is 0 Å². The minimum absolute atomic E-state index is 0.0854. The molecule has 20 heavy (non-hydrogen) atoms. The first-order valence-electron chi connectivity index (χ1n) is 7.13. The Morgan fingerprint density at radius 2 is 2.25 bits per heavy atom. The van der Waals surface area contributed by atoms with Gasteiger partial charge in [0.05, 0.1) is 6.61 Å². The Balaban J connectivity index is 1.90. The highest BCUT2D eigenvalue weighted by atomic mass is 16.5. The fraction of sp³-hybridized carbons (Fsp3) is 0.438. The van der Waals surface area contributed by atoms with Crippen LogP contribution >= 0.6 is 0 Å². The number of aromatic nitrogens is 1. The predicted molar refractivity (Wildman–Crippen MR) is 80.0 cm³/mol. The van der Waals surface area contributed by atoms with E-state index in [2.05, 4.69) is 5.32 Å². The lowest BCUT2D eigenvalue weighted by molar-refractivity contribution is 0.175. The van der Waals surface area contributed by atoms with Crippen molar-refractivity contribution >= 4 is 10.8 Å². The van der Waals surface area contributed by atoms with Crippen molar-refractivity contribution in [3.05, 3.63) is 46.9 Å². The molecule has 1 N–H and O–H groups in total. The molecule has 0 radical (unpaired) electrons. The summed E-state index contributed by atoms with van der Waals surface area (Å²) in [6.45, 7) is 2.30. The van der Waals surface area contributed by atoms with Crippen molar-refractivity contribution < 1.29 is 4.74 Å². The number of fused-ring (bicyclic) bond motifs is 1. The number of benzene rings is 1. The second-order valence-electron chi connectivity index (χ2n) is 5.38. The number of nitrogens with one attached hydrogen (secondary N) is 1. The molecule has 0 aliphatic carbocycles. The zero-order valence-corrected chi connectivity index (χ0v) is 11.7. The predicted octanol–water partition coefficient (Wildman–Crippen LogP) is 1.63. The summed E-state index contributed by atoms with van der Waals surface area (Å²) in [5.74, 6) is 0.485. The third-order valence-electron chi connectivity index (χ3n) is 4.18. The van der Waals surface area contributed by atoms with E-state index in [1.807, 2.05) is 48.1 Å². The van der Waals surface area contributed by atoms with Crippen LogP contribution in [-0.2, 0) is 11.3 Å². The molecule has 4 heteroatoms. The van der Waals surface area contributed by atoms with Gasteiger partial charge in [0, 0.05) is 36.7 Å². The third kappa shape index (κ3) is 2.49. The topological polar surface area (TPSA) is 43.3 Å². The highest BCUT2D eigenvalue weighted by Crippen LogP contribution is 2.18. The monoisotopic (exact) mass is 272 g/mol. The summed E-state index contributed by atoms with van der Waals surface area (Å²) in [4.78, 5) is 12.5. The van der Waals surface area contributed by atoms with Gasteiger partial charge in [0.25, 0.3) is 5.56 Å². The van der Waals surface area contributed by atoms with Gasteiger partial charge in [0.15, 0.2) is 0 Å². The van der Waals surface area contributed by atoms with Crippen molar-refractivity contribution in [3.8, 4) is 0 Å². The van der Waals surface area contributed by atoms with E-state index in [-0.39, 0.29) is 11.6 Å². The molecular weight excluding hydrogens is 252 g/mol. The molecule has 3 rings (SSSR count). The van der Waals surface area contributed by atoms with E-state index in [4.69, 9.17) is 4.74 Å². The first-order valence-corrected chi connectivity index (χ1v) is 7.13. The lowest BCUT2D eigenvalue weighted by atomic mass is 9.99. The zero-order valence-electron chi connectivity index (χ0n) is 11.7. The first-order chi connectivity index (χ1) is 9.79. The number of hydrogen-bond donors (Lipinski definition) is 1. The summed E-state index contributed by atoms with van der Waals surface area (Å²) in [5, 5.41) is 5.11. The van der Waals surface area contributed by atoms with Crippen molar-refractivity contribution in [1.29, 1.82) is 0 Å². The Morgan fingerprint density at radius 3 is 3.00 bits per heavy atom. The van der Waals surface area contributed by atoms with Gasteiger partial charge in [-0.3, -0.25) is 4.79 Å². The lowest BCUT2D eigenvalue weighted by Gasteiger charge is -2.22. The zero-order chi connectivity index (χ0) is 13.9. The van der Waals surface area contributed by atoms with Crippen LogP contribution in [0.5, 0.6) is 0 Å². The Kier molecular flexibility index (Phi) is 3.85. The highest BCUT2D eigenvalue weighted by Gasteiger charge is 2.25. The fourth-order valence-corrected chi connectivity index (χ4v) is 2.93. The van der Waals surface area contributed by atoms with Crippen LogP contribution < -0.4 is 10.9 Å². The molecule has 2 heterocycles.